The van der Waals surface area contributed by atoms with E-state index < -0.39 is 23.7 Å². The second kappa shape index (κ2) is 4.44. The molecule has 6 heteroatoms. The Morgan fingerprint density at radius 1 is 1.38 bits per heavy atom. The highest BCUT2D eigenvalue weighted by atomic mass is 19.2. The highest BCUT2D eigenvalue weighted by Crippen LogP contribution is 2.29. The van der Waals surface area contributed by atoms with Crippen molar-refractivity contribution in [3.05, 3.63) is 29.3 Å². The second-order valence-corrected chi connectivity index (χ2v) is 3.43. The minimum Gasteiger partial charge on any atom is -0.479 e. The Balaban J connectivity index is 3.40. The van der Waals surface area contributed by atoms with Crippen molar-refractivity contribution in [1.29, 1.82) is 0 Å². The predicted octanol–water partition coefficient (Wildman–Crippen LogP) is 1.15. The van der Waals surface area contributed by atoms with Gasteiger partial charge in [-0.15, -0.1) is 0 Å². The largest absolute Gasteiger partial charge is 0.479 e. The molecule has 0 heterocycles. The van der Waals surface area contributed by atoms with Crippen LogP contribution in [0.5, 0.6) is 0 Å². The summed E-state index contributed by atoms with van der Waals surface area (Å²) in [7, 11) is 2.85. The molecular formula is C10H11F2NO3. The average Bonchev–Trinajstić information content (AvgIpc) is 2.20. The van der Waals surface area contributed by atoms with Crippen molar-refractivity contribution < 1.29 is 23.8 Å². The number of halogens is 2. The molecule has 0 aromatic heterocycles. The molecule has 0 spiro atoms. The molecule has 0 fully saturated rings. The molecule has 1 aromatic carbocycles. The van der Waals surface area contributed by atoms with E-state index in [1.54, 1.807) is 0 Å². The van der Waals surface area contributed by atoms with Gasteiger partial charge in [-0.2, -0.15) is 0 Å². The van der Waals surface area contributed by atoms with E-state index in [0.29, 0.717) is 0 Å². The molecule has 0 aliphatic carbocycles. The third kappa shape index (κ3) is 2.11. The van der Waals surface area contributed by atoms with Crippen LogP contribution in [0.4, 0.5) is 14.5 Å². The van der Waals surface area contributed by atoms with E-state index >= 15 is 0 Å². The van der Waals surface area contributed by atoms with Gasteiger partial charge in [0.05, 0.1) is 5.69 Å². The van der Waals surface area contributed by atoms with Crippen LogP contribution in [0.1, 0.15) is 11.7 Å². The van der Waals surface area contributed by atoms with Crippen LogP contribution >= 0.6 is 0 Å². The van der Waals surface area contributed by atoms with Crippen LogP contribution in [0, 0.1) is 11.6 Å². The summed E-state index contributed by atoms with van der Waals surface area (Å²) >= 11 is 0. The van der Waals surface area contributed by atoms with Crippen molar-refractivity contribution in [3.63, 3.8) is 0 Å². The number of anilines is 1. The molecule has 0 aliphatic heterocycles. The van der Waals surface area contributed by atoms with Gasteiger partial charge in [0.15, 0.2) is 17.7 Å². The highest BCUT2D eigenvalue weighted by Gasteiger charge is 2.24. The standard InChI is InChI=1S/C10H11F2NO3/c1-13(2)8-5(9(14)10(15)16)3-4-6(11)7(8)12/h3-4,9,14H,1-2H3,(H,15,16). The van der Waals surface area contributed by atoms with E-state index in [2.05, 4.69) is 0 Å². The predicted molar refractivity (Wildman–Crippen MR) is 53.3 cm³/mol. The van der Waals surface area contributed by atoms with Gasteiger partial charge in [-0.25, -0.2) is 13.6 Å². The Morgan fingerprint density at radius 2 is 1.94 bits per heavy atom. The normalized spacial score (nSPS) is 12.3. The van der Waals surface area contributed by atoms with E-state index in [1.165, 1.54) is 19.0 Å². The number of aliphatic hydroxyl groups is 1. The minimum absolute atomic E-state index is 0.184. The lowest BCUT2D eigenvalue weighted by Gasteiger charge is -2.20. The molecule has 16 heavy (non-hydrogen) atoms. The summed E-state index contributed by atoms with van der Waals surface area (Å²) in [5.74, 6) is -3.79. The van der Waals surface area contributed by atoms with Crippen molar-refractivity contribution in [2.45, 2.75) is 6.10 Å². The van der Waals surface area contributed by atoms with Crippen molar-refractivity contribution in [2.75, 3.05) is 19.0 Å². The lowest BCUT2D eigenvalue weighted by Crippen LogP contribution is -2.19. The topological polar surface area (TPSA) is 60.8 Å². The molecule has 1 unspecified atom stereocenters. The number of aliphatic carboxylic acids is 1. The van der Waals surface area contributed by atoms with Gasteiger partial charge >= 0.3 is 5.97 Å². The summed E-state index contributed by atoms with van der Waals surface area (Å²) in [4.78, 5) is 11.8. The Kier molecular flexibility index (Phi) is 3.44. The summed E-state index contributed by atoms with van der Waals surface area (Å²) in [5.41, 5.74) is -0.452. The Bertz CT molecular complexity index is 421. The van der Waals surface area contributed by atoms with Gasteiger partial charge < -0.3 is 15.1 Å². The van der Waals surface area contributed by atoms with E-state index in [-0.39, 0.29) is 11.3 Å². The number of nitrogens with zero attached hydrogens (tertiary/aromatic N) is 1. The van der Waals surface area contributed by atoms with Crippen LogP contribution < -0.4 is 4.90 Å². The smallest absolute Gasteiger partial charge is 0.337 e. The Hall–Kier alpha value is -1.69. The number of carboxylic acid groups (broad SMARTS) is 1. The number of carbonyl (C=O) groups is 1. The maximum atomic E-state index is 13.4. The van der Waals surface area contributed by atoms with E-state index in [9.17, 15) is 18.7 Å². The number of hydrogen-bond acceptors (Lipinski definition) is 3. The fourth-order valence-corrected chi connectivity index (χ4v) is 1.36. The molecule has 4 nitrogen and oxygen atoms in total. The zero-order chi connectivity index (χ0) is 12.5. The number of benzene rings is 1. The maximum Gasteiger partial charge on any atom is 0.337 e. The first-order valence-corrected chi connectivity index (χ1v) is 4.42. The Morgan fingerprint density at radius 3 is 2.38 bits per heavy atom. The first-order valence-electron chi connectivity index (χ1n) is 4.42. The highest BCUT2D eigenvalue weighted by molar-refractivity contribution is 5.77. The molecule has 0 bridgehead atoms. The van der Waals surface area contributed by atoms with E-state index in [4.69, 9.17) is 5.11 Å². The summed E-state index contributed by atoms with van der Waals surface area (Å²) < 4.78 is 26.4. The van der Waals surface area contributed by atoms with Crippen LogP contribution in [0.15, 0.2) is 12.1 Å². The Labute approximate surface area is 90.7 Å². The summed E-state index contributed by atoms with van der Waals surface area (Å²) in [6.45, 7) is 0. The summed E-state index contributed by atoms with van der Waals surface area (Å²) in [5, 5.41) is 17.9. The molecule has 0 saturated carbocycles. The van der Waals surface area contributed by atoms with Gasteiger partial charge in [0, 0.05) is 19.7 Å². The van der Waals surface area contributed by atoms with Crippen LogP contribution in [-0.4, -0.2) is 30.3 Å². The third-order valence-electron chi connectivity index (χ3n) is 2.08. The average molecular weight is 231 g/mol. The monoisotopic (exact) mass is 231 g/mol. The van der Waals surface area contributed by atoms with Crippen LogP contribution in [-0.2, 0) is 4.79 Å². The number of carboxylic acids is 1. The molecule has 0 aliphatic rings. The van der Waals surface area contributed by atoms with Crippen LogP contribution in [0.2, 0.25) is 0 Å². The van der Waals surface area contributed by atoms with Gasteiger partial charge in [0.25, 0.3) is 0 Å². The number of aliphatic hydroxyl groups excluding tert-OH is 1. The van der Waals surface area contributed by atoms with Crippen LogP contribution in [0.3, 0.4) is 0 Å². The third-order valence-corrected chi connectivity index (χ3v) is 2.08. The summed E-state index contributed by atoms with van der Waals surface area (Å²) in [6, 6.07) is 1.83. The molecule has 88 valence electrons. The minimum atomic E-state index is -1.88. The van der Waals surface area contributed by atoms with Crippen molar-refractivity contribution in [2.24, 2.45) is 0 Å². The molecule has 2 N–H and O–H groups in total. The first-order chi connectivity index (χ1) is 7.36. The molecule has 1 aromatic rings. The van der Waals surface area contributed by atoms with E-state index in [0.717, 1.165) is 12.1 Å². The fourth-order valence-electron chi connectivity index (χ4n) is 1.36. The van der Waals surface area contributed by atoms with Crippen molar-refractivity contribution in [1.82, 2.24) is 0 Å². The SMILES string of the molecule is CN(C)c1c(C(O)C(=O)O)ccc(F)c1F. The molecule has 0 amide bonds. The molecule has 0 radical (unpaired) electrons. The maximum absolute atomic E-state index is 13.4. The number of rotatable bonds is 3. The molecular weight excluding hydrogens is 220 g/mol. The van der Waals surface area contributed by atoms with Gasteiger partial charge in [-0.05, 0) is 6.07 Å². The zero-order valence-electron chi connectivity index (χ0n) is 8.74. The van der Waals surface area contributed by atoms with Gasteiger partial charge in [0.1, 0.15) is 0 Å². The molecule has 1 rings (SSSR count). The van der Waals surface area contributed by atoms with Crippen LogP contribution in [0.25, 0.3) is 0 Å². The first kappa shape index (κ1) is 12.4. The van der Waals surface area contributed by atoms with Gasteiger partial charge in [0.2, 0.25) is 0 Å². The lowest BCUT2D eigenvalue weighted by atomic mass is 10.1. The van der Waals surface area contributed by atoms with Crippen molar-refractivity contribution in [3.8, 4) is 0 Å². The van der Waals surface area contributed by atoms with Gasteiger partial charge in [-0.1, -0.05) is 6.07 Å². The van der Waals surface area contributed by atoms with E-state index in [1.807, 2.05) is 0 Å². The molecule has 0 saturated heterocycles. The lowest BCUT2D eigenvalue weighted by molar-refractivity contribution is -0.146. The molecule has 1 atom stereocenters. The second-order valence-electron chi connectivity index (χ2n) is 3.43. The van der Waals surface area contributed by atoms with Gasteiger partial charge in [-0.3, -0.25) is 0 Å². The quantitative estimate of drug-likeness (QED) is 0.819. The zero-order valence-corrected chi connectivity index (χ0v) is 8.74. The number of hydrogen-bond donors (Lipinski definition) is 2. The van der Waals surface area contributed by atoms with Crippen molar-refractivity contribution >= 4 is 11.7 Å². The summed E-state index contributed by atoms with van der Waals surface area (Å²) in [6.07, 6.45) is -1.88. The fraction of sp³-hybridized carbons (Fsp3) is 0.300.